The molecule has 31 heavy (non-hydrogen) atoms. The highest BCUT2D eigenvalue weighted by atomic mass is 32.2. The summed E-state index contributed by atoms with van der Waals surface area (Å²) in [4.78, 5) is 24.7. The Bertz CT molecular complexity index is 981. The van der Waals surface area contributed by atoms with Gasteiger partial charge in [-0.1, -0.05) is 6.07 Å². The highest BCUT2D eigenvalue weighted by Crippen LogP contribution is 2.49. The molecular formula is C20H23F3N2O5S. The van der Waals surface area contributed by atoms with Crippen molar-refractivity contribution in [3.05, 3.63) is 29.8 Å². The van der Waals surface area contributed by atoms with E-state index in [9.17, 15) is 31.2 Å². The number of alkyl halides is 3. The summed E-state index contributed by atoms with van der Waals surface area (Å²) < 4.78 is 70.8. The lowest BCUT2D eigenvalue weighted by Crippen LogP contribution is -2.67. The number of sulfonamides is 1. The van der Waals surface area contributed by atoms with E-state index in [1.165, 1.54) is 0 Å². The maximum atomic E-state index is 12.8. The van der Waals surface area contributed by atoms with Crippen LogP contribution in [0.1, 0.15) is 37.7 Å². The van der Waals surface area contributed by atoms with Crippen molar-refractivity contribution in [1.82, 2.24) is 9.62 Å². The summed E-state index contributed by atoms with van der Waals surface area (Å²) in [6, 6.07) is 3.30. The number of nitrogens with one attached hydrogen (secondary N) is 1. The lowest BCUT2D eigenvalue weighted by Gasteiger charge is -2.59. The summed E-state index contributed by atoms with van der Waals surface area (Å²) >= 11 is 0. The molecule has 0 unspecified atom stereocenters. The molecule has 170 valence electrons. The SMILES string of the molecule is O=C1C[C@H](CCC(=O)N2CC3(CC(NS(=O)(=O)c4cccc(C(F)(F)F)c4)C3)C2)CO1. The van der Waals surface area contributed by atoms with Gasteiger partial charge in [0.05, 0.1) is 23.5 Å². The van der Waals surface area contributed by atoms with Gasteiger partial charge in [-0.15, -0.1) is 0 Å². The Hall–Kier alpha value is -2.14. The minimum Gasteiger partial charge on any atom is -0.465 e. The number of amides is 1. The molecule has 1 aromatic rings. The molecular weight excluding hydrogens is 437 g/mol. The van der Waals surface area contributed by atoms with Gasteiger partial charge in [0, 0.05) is 36.9 Å². The molecule has 11 heteroatoms. The molecule has 1 atom stereocenters. The first-order chi connectivity index (χ1) is 14.5. The van der Waals surface area contributed by atoms with Crippen LogP contribution in [0.25, 0.3) is 0 Å². The zero-order chi connectivity index (χ0) is 22.4. The molecule has 0 radical (unpaired) electrons. The fourth-order valence-electron chi connectivity index (χ4n) is 4.63. The molecule has 1 N–H and O–H groups in total. The van der Waals surface area contributed by atoms with Crippen molar-refractivity contribution in [1.29, 1.82) is 0 Å². The van der Waals surface area contributed by atoms with Crippen LogP contribution in [0.15, 0.2) is 29.2 Å². The number of nitrogens with zero attached hydrogens (tertiary/aromatic N) is 1. The van der Waals surface area contributed by atoms with Crippen LogP contribution >= 0.6 is 0 Å². The molecule has 1 aliphatic carbocycles. The van der Waals surface area contributed by atoms with E-state index in [0.717, 1.165) is 18.2 Å². The molecule has 1 spiro atoms. The van der Waals surface area contributed by atoms with Crippen molar-refractivity contribution in [3.8, 4) is 0 Å². The second-order valence-electron chi connectivity index (χ2n) is 8.79. The highest BCUT2D eigenvalue weighted by Gasteiger charge is 2.54. The Morgan fingerprint density at radius 1 is 1.26 bits per heavy atom. The molecule has 1 aromatic carbocycles. The summed E-state index contributed by atoms with van der Waals surface area (Å²) in [5, 5.41) is 0. The number of hydrogen-bond donors (Lipinski definition) is 1. The number of carbonyl (C=O) groups excluding carboxylic acids is 2. The standard InChI is InChI=1S/C20H23F3N2O5S/c21-20(22,23)14-2-1-3-16(7-14)31(28,29)24-15-8-19(9-15)11-25(12-19)17(26)5-4-13-6-18(27)30-10-13/h1-3,7,13,15,24H,4-6,8-12H2/t13-/m0/s1. The van der Waals surface area contributed by atoms with E-state index < -0.39 is 26.7 Å². The molecule has 0 aromatic heterocycles. The van der Waals surface area contributed by atoms with Crippen LogP contribution in [0.5, 0.6) is 0 Å². The summed E-state index contributed by atoms with van der Waals surface area (Å²) in [6.07, 6.45) is -2.23. The van der Waals surface area contributed by atoms with Crippen LogP contribution in [0.4, 0.5) is 13.2 Å². The summed E-state index contributed by atoms with van der Waals surface area (Å²) in [6.45, 7) is 1.46. The van der Waals surface area contributed by atoms with Gasteiger partial charge in [0.1, 0.15) is 0 Å². The van der Waals surface area contributed by atoms with Crippen molar-refractivity contribution < 1.29 is 35.9 Å². The van der Waals surface area contributed by atoms with E-state index in [4.69, 9.17) is 4.74 Å². The van der Waals surface area contributed by atoms with Crippen LogP contribution in [-0.2, 0) is 30.5 Å². The molecule has 1 saturated carbocycles. The normalized spacial score (nSPS) is 23.4. The van der Waals surface area contributed by atoms with Crippen molar-refractivity contribution in [3.63, 3.8) is 0 Å². The topological polar surface area (TPSA) is 92.8 Å². The maximum Gasteiger partial charge on any atom is 0.416 e. The average molecular weight is 460 g/mol. The van der Waals surface area contributed by atoms with Gasteiger partial charge in [-0.05, 0) is 37.5 Å². The summed E-state index contributed by atoms with van der Waals surface area (Å²) in [5.41, 5.74) is -1.13. The van der Waals surface area contributed by atoms with Crippen LogP contribution < -0.4 is 4.72 Å². The molecule has 3 fully saturated rings. The number of hydrogen-bond acceptors (Lipinski definition) is 5. The van der Waals surface area contributed by atoms with Gasteiger partial charge in [-0.2, -0.15) is 13.2 Å². The number of esters is 1. The number of carbonyl (C=O) groups is 2. The molecule has 1 amide bonds. The Morgan fingerprint density at radius 2 is 1.97 bits per heavy atom. The van der Waals surface area contributed by atoms with Gasteiger partial charge in [-0.25, -0.2) is 13.1 Å². The first-order valence-corrected chi connectivity index (χ1v) is 11.6. The van der Waals surface area contributed by atoms with E-state index in [0.29, 0.717) is 57.9 Å². The minimum absolute atomic E-state index is 0.0120. The number of ether oxygens (including phenoxy) is 1. The average Bonchev–Trinajstić information content (AvgIpc) is 3.05. The largest absolute Gasteiger partial charge is 0.465 e. The second kappa shape index (κ2) is 7.77. The molecule has 0 bridgehead atoms. The predicted octanol–water partition coefficient (Wildman–Crippen LogP) is 2.32. The summed E-state index contributed by atoms with van der Waals surface area (Å²) in [7, 11) is -4.06. The van der Waals surface area contributed by atoms with Gasteiger partial charge in [0.15, 0.2) is 0 Å². The monoisotopic (exact) mass is 460 g/mol. The van der Waals surface area contributed by atoms with Gasteiger partial charge in [0.25, 0.3) is 0 Å². The third-order valence-electron chi connectivity index (χ3n) is 6.26. The molecule has 2 heterocycles. The van der Waals surface area contributed by atoms with E-state index in [1.54, 1.807) is 4.90 Å². The molecule has 4 rings (SSSR count). The van der Waals surface area contributed by atoms with Crippen molar-refractivity contribution in [2.45, 2.75) is 49.2 Å². The quantitative estimate of drug-likeness (QED) is 0.658. The first kappa shape index (κ1) is 22.1. The number of benzene rings is 1. The fraction of sp³-hybridized carbons (Fsp3) is 0.600. The Kier molecular flexibility index (Phi) is 5.53. The first-order valence-electron chi connectivity index (χ1n) is 10.1. The van der Waals surface area contributed by atoms with Crippen LogP contribution in [0, 0.1) is 11.3 Å². The van der Waals surface area contributed by atoms with E-state index >= 15 is 0 Å². The third-order valence-corrected chi connectivity index (χ3v) is 7.78. The van der Waals surface area contributed by atoms with Crippen LogP contribution in [-0.4, -0.2) is 50.9 Å². The maximum absolute atomic E-state index is 12.8. The lowest BCUT2D eigenvalue weighted by molar-refractivity contribution is -0.151. The predicted molar refractivity (Wildman–Crippen MR) is 102 cm³/mol. The van der Waals surface area contributed by atoms with Crippen molar-refractivity contribution in [2.24, 2.45) is 11.3 Å². The zero-order valence-electron chi connectivity index (χ0n) is 16.7. The van der Waals surface area contributed by atoms with E-state index in [-0.39, 0.29) is 29.3 Å². The minimum atomic E-state index is -4.62. The van der Waals surface area contributed by atoms with Gasteiger partial charge in [-0.3, -0.25) is 9.59 Å². The van der Waals surface area contributed by atoms with Gasteiger partial charge >= 0.3 is 12.1 Å². The number of likely N-dealkylation sites (tertiary alicyclic amines) is 1. The Balaban J connectivity index is 1.24. The van der Waals surface area contributed by atoms with E-state index in [1.807, 2.05) is 0 Å². The molecule has 2 aliphatic heterocycles. The smallest absolute Gasteiger partial charge is 0.416 e. The van der Waals surface area contributed by atoms with Crippen LogP contribution in [0.3, 0.4) is 0 Å². The fourth-order valence-corrected chi connectivity index (χ4v) is 5.91. The summed E-state index contributed by atoms with van der Waals surface area (Å²) in [5.74, 6) is -0.128. The second-order valence-corrected chi connectivity index (χ2v) is 10.5. The zero-order valence-corrected chi connectivity index (χ0v) is 17.5. The Morgan fingerprint density at radius 3 is 2.58 bits per heavy atom. The number of cyclic esters (lactones) is 1. The number of rotatable bonds is 6. The molecule has 2 saturated heterocycles. The lowest BCUT2D eigenvalue weighted by atomic mass is 9.61. The van der Waals surface area contributed by atoms with Gasteiger partial charge in [0.2, 0.25) is 15.9 Å². The third kappa shape index (κ3) is 4.72. The van der Waals surface area contributed by atoms with Crippen molar-refractivity contribution in [2.75, 3.05) is 19.7 Å². The van der Waals surface area contributed by atoms with Gasteiger partial charge < -0.3 is 9.64 Å². The molecule has 7 nitrogen and oxygen atoms in total. The number of halogens is 3. The Labute approximate surface area is 178 Å². The van der Waals surface area contributed by atoms with E-state index in [2.05, 4.69) is 4.72 Å². The molecule has 3 aliphatic rings. The van der Waals surface area contributed by atoms with Crippen LogP contribution in [0.2, 0.25) is 0 Å². The van der Waals surface area contributed by atoms with Crippen molar-refractivity contribution >= 4 is 21.9 Å². The highest BCUT2D eigenvalue weighted by molar-refractivity contribution is 7.89.